The molecule has 0 aromatic carbocycles. The Hall–Kier alpha value is -0.870. The lowest BCUT2D eigenvalue weighted by Crippen LogP contribution is -2.11. The van der Waals surface area contributed by atoms with Gasteiger partial charge in [0.15, 0.2) is 0 Å². The predicted octanol–water partition coefficient (Wildman–Crippen LogP) is 1.73. The van der Waals surface area contributed by atoms with E-state index in [9.17, 15) is 0 Å². The van der Waals surface area contributed by atoms with Gasteiger partial charge in [0.2, 0.25) is 0 Å². The Morgan fingerprint density at radius 3 is 2.88 bits per heavy atom. The average Bonchev–Trinajstić information content (AvgIpc) is 2.63. The van der Waals surface area contributed by atoms with Crippen molar-refractivity contribution in [3.63, 3.8) is 0 Å². The summed E-state index contributed by atoms with van der Waals surface area (Å²) in [5, 5.41) is 7.77. The molecule has 0 bridgehead atoms. The van der Waals surface area contributed by atoms with E-state index in [1.165, 1.54) is 5.56 Å². The number of ether oxygens (including phenoxy) is 1. The van der Waals surface area contributed by atoms with Crippen LogP contribution in [0.25, 0.3) is 0 Å². The van der Waals surface area contributed by atoms with Gasteiger partial charge in [0, 0.05) is 24.9 Å². The molecule has 1 heterocycles. The molecule has 92 valence electrons. The molecule has 0 atom stereocenters. The molecule has 1 aromatic rings. The minimum atomic E-state index is 0.746. The first kappa shape index (κ1) is 13.2. The lowest BCUT2D eigenvalue weighted by molar-refractivity contribution is 0.124. The molecular weight excluding hydrogens is 202 g/mol. The predicted molar refractivity (Wildman–Crippen MR) is 65.5 cm³/mol. The van der Waals surface area contributed by atoms with Crippen LogP contribution in [0, 0.1) is 6.92 Å². The lowest BCUT2D eigenvalue weighted by Gasteiger charge is -2.02. The van der Waals surface area contributed by atoms with Crippen LogP contribution in [0.2, 0.25) is 0 Å². The number of aryl methyl sites for hydroxylation is 1. The zero-order chi connectivity index (χ0) is 11.8. The molecule has 0 aliphatic heterocycles. The summed E-state index contributed by atoms with van der Waals surface area (Å²) >= 11 is 0. The Morgan fingerprint density at radius 2 is 2.19 bits per heavy atom. The van der Waals surface area contributed by atoms with E-state index < -0.39 is 0 Å². The summed E-state index contributed by atoms with van der Waals surface area (Å²) in [5.74, 6) is 0. The Kier molecular flexibility index (Phi) is 6.11. The van der Waals surface area contributed by atoms with Crippen molar-refractivity contribution in [1.82, 2.24) is 15.1 Å². The summed E-state index contributed by atoms with van der Waals surface area (Å²) in [7, 11) is 0. The van der Waals surface area contributed by atoms with Crippen molar-refractivity contribution in [3.8, 4) is 0 Å². The van der Waals surface area contributed by atoms with Crippen LogP contribution in [-0.4, -0.2) is 29.5 Å². The maximum absolute atomic E-state index is 5.44. The van der Waals surface area contributed by atoms with Crippen molar-refractivity contribution in [2.24, 2.45) is 0 Å². The van der Waals surface area contributed by atoms with Gasteiger partial charge < -0.3 is 10.1 Å². The minimum absolute atomic E-state index is 0.746. The fraction of sp³-hybridized carbons (Fsp3) is 0.750. The molecule has 1 aromatic heterocycles. The van der Waals surface area contributed by atoms with E-state index in [2.05, 4.69) is 37.4 Å². The number of nitrogens with one attached hydrogen (secondary N) is 1. The molecule has 0 radical (unpaired) electrons. The largest absolute Gasteiger partial charge is 0.380 e. The Balaban J connectivity index is 2.36. The second-order valence-electron chi connectivity index (χ2n) is 3.90. The molecule has 4 heteroatoms. The van der Waals surface area contributed by atoms with Crippen molar-refractivity contribution in [2.45, 2.75) is 40.3 Å². The van der Waals surface area contributed by atoms with E-state index in [4.69, 9.17) is 4.74 Å². The number of hydrogen-bond donors (Lipinski definition) is 1. The molecule has 16 heavy (non-hydrogen) atoms. The van der Waals surface area contributed by atoms with Crippen molar-refractivity contribution in [1.29, 1.82) is 0 Å². The number of hydrogen-bond acceptors (Lipinski definition) is 3. The quantitative estimate of drug-likeness (QED) is 0.685. The summed E-state index contributed by atoms with van der Waals surface area (Å²) in [6.07, 6.45) is 3.18. The molecule has 0 amide bonds. The number of nitrogens with zero attached hydrogens (tertiary/aromatic N) is 2. The Bertz CT molecular complexity index is 296. The Morgan fingerprint density at radius 1 is 1.38 bits per heavy atom. The van der Waals surface area contributed by atoms with Gasteiger partial charge in [0.25, 0.3) is 0 Å². The number of aromatic nitrogens is 2. The smallest absolute Gasteiger partial charge is 0.0662 e. The second-order valence-corrected chi connectivity index (χ2v) is 3.90. The van der Waals surface area contributed by atoms with Crippen LogP contribution in [0.15, 0.2) is 6.20 Å². The fourth-order valence-electron chi connectivity index (χ4n) is 1.51. The maximum Gasteiger partial charge on any atom is 0.0662 e. The van der Waals surface area contributed by atoms with Crippen LogP contribution in [0.3, 0.4) is 0 Å². The van der Waals surface area contributed by atoms with E-state index in [1.54, 1.807) is 0 Å². The van der Waals surface area contributed by atoms with Crippen molar-refractivity contribution in [2.75, 3.05) is 19.8 Å². The highest BCUT2D eigenvalue weighted by atomic mass is 16.5. The third-order valence-corrected chi connectivity index (χ3v) is 2.43. The van der Waals surface area contributed by atoms with Gasteiger partial charge in [-0.15, -0.1) is 0 Å². The lowest BCUT2D eigenvalue weighted by atomic mass is 10.2. The van der Waals surface area contributed by atoms with Gasteiger partial charge in [-0.2, -0.15) is 5.10 Å². The topological polar surface area (TPSA) is 39.1 Å². The normalized spacial score (nSPS) is 10.9. The van der Waals surface area contributed by atoms with Crippen molar-refractivity contribution in [3.05, 3.63) is 17.5 Å². The molecule has 0 aliphatic carbocycles. The first-order valence-corrected chi connectivity index (χ1v) is 6.09. The molecule has 4 nitrogen and oxygen atoms in total. The number of rotatable bonds is 8. The van der Waals surface area contributed by atoms with Crippen molar-refractivity contribution >= 4 is 0 Å². The van der Waals surface area contributed by atoms with E-state index in [1.807, 2.05) is 4.68 Å². The van der Waals surface area contributed by atoms with E-state index in [0.29, 0.717) is 0 Å². The van der Waals surface area contributed by atoms with Crippen LogP contribution in [0.1, 0.15) is 31.5 Å². The summed E-state index contributed by atoms with van der Waals surface area (Å²) in [6, 6.07) is 0. The van der Waals surface area contributed by atoms with E-state index >= 15 is 0 Å². The molecule has 0 fully saturated rings. The van der Waals surface area contributed by atoms with Gasteiger partial charge in [-0.05, 0) is 19.9 Å². The third kappa shape index (κ3) is 4.33. The summed E-state index contributed by atoms with van der Waals surface area (Å²) in [5.41, 5.74) is 2.38. The van der Waals surface area contributed by atoms with Gasteiger partial charge in [0.1, 0.15) is 0 Å². The highest BCUT2D eigenvalue weighted by Gasteiger charge is 2.03. The fourth-order valence-corrected chi connectivity index (χ4v) is 1.51. The van der Waals surface area contributed by atoms with E-state index in [0.717, 1.165) is 45.0 Å². The molecule has 1 N–H and O–H groups in total. The summed E-state index contributed by atoms with van der Waals surface area (Å²) < 4.78 is 7.41. The molecule has 0 unspecified atom stereocenters. The van der Waals surface area contributed by atoms with E-state index in [-0.39, 0.29) is 0 Å². The first-order valence-electron chi connectivity index (χ1n) is 6.09. The molecule has 0 aliphatic rings. The average molecular weight is 225 g/mol. The summed E-state index contributed by atoms with van der Waals surface area (Å²) in [6.45, 7) is 10.6. The van der Waals surface area contributed by atoms with Gasteiger partial charge in [-0.3, -0.25) is 4.68 Å². The maximum atomic E-state index is 5.44. The standard InChI is InChI=1S/C12H23N3O/c1-4-7-16-8-6-15-10-12(9-13-5-2)11(3)14-15/h10,13H,4-9H2,1-3H3. The Labute approximate surface area is 98.0 Å². The van der Waals surface area contributed by atoms with Gasteiger partial charge in [-0.1, -0.05) is 13.8 Å². The molecule has 0 spiro atoms. The SMILES string of the molecule is CCCOCCn1cc(CNCC)c(C)n1. The zero-order valence-electron chi connectivity index (χ0n) is 10.6. The monoisotopic (exact) mass is 225 g/mol. The van der Waals surface area contributed by atoms with Crippen molar-refractivity contribution < 1.29 is 4.74 Å². The van der Waals surface area contributed by atoms with Crippen LogP contribution in [0.5, 0.6) is 0 Å². The summed E-state index contributed by atoms with van der Waals surface area (Å²) in [4.78, 5) is 0. The highest BCUT2D eigenvalue weighted by molar-refractivity contribution is 5.14. The minimum Gasteiger partial charge on any atom is -0.380 e. The van der Waals surface area contributed by atoms with Gasteiger partial charge in [0.05, 0.1) is 18.8 Å². The van der Waals surface area contributed by atoms with Gasteiger partial charge >= 0.3 is 0 Å². The van der Waals surface area contributed by atoms with Crippen LogP contribution in [-0.2, 0) is 17.8 Å². The molecular formula is C12H23N3O. The molecule has 0 saturated carbocycles. The van der Waals surface area contributed by atoms with Crippen LogP contribution >= 0.6 is 0 Å². The highest BCUT2D eigenvalue weighted by Crippen LogP contribution is 2.05. The van der Waals surface area contributed by atoms with Crippen LogP contribution < -0.4 is 5.32 Å². The molecule has 1 rings (SSSR count). The van der Waals surface area contributed by atoms with Crippen LogP contribution in [0.4, 0.5) is 0 Å². The first-order chi connectivity index (χ1) is 7.77. The zero-order valence-corrected chi connectivity index (χ0v) is 10.6. The van der Waals surface area contributed by atoms with Gasteiger partial charge in [-0.25, -0.2) is 0 Å². The second kappa shape index (κ2) is 7.41. The molecule has 0 saturated heterocycles. The third-order valence-electron chi connectivity index (χ3n) is 2.43.